The highest BCUT2D eigenvalue weighted by Crippen LogP contribution is 2.23. The normalized spacial score (nSPS) is 25.2. The van der Waals surface area contributed by atoms with Gasteiger partial charge < -0.3 is 10.4 Å². The number of nitrogens with one attached hydrogen (secondary N) is 1. The van der Waals surface area contributed by atoms with Crippen molar-refractivity contribution in [1.82, 2.24) is 10.2 Å². The molecule has 2 rings (SSSR count). The molecule has 3 unspecified atom stereocenters. The van der Waals surface area contributed by atoms with E-state index in [-0.39, 0.29) is 6.10 Å². The lowest BCUT2D eigenvalue weighted by Gasteiger charge is -2.42. The summed E-state index contributed by atoms with van der Waals surface area (Å²) in [5.74, 6) is 0.388. The van der Waals surface area contributed by atoms with E-state index in [0.29, 0.717) is 18.0 Å². The average Bonchev–Trinajstić information content (AvgIpc) is 2.52. The predicted molar refractivity (Wildman–Crippen MR) is 88.2 cm³/mol. The Bertz CT molecular complexity index is 407. The van der Waals surface area contributed by atoms with Crippen molar-refractivity contribution < 1.29 is 5.11 Å². The van der Waals surface area contributed by atoms with Crippen molar-refractivity contribution in [2.24, 2.45) is 5.92 Å². The molecule has 0 radical (unpaired) electrons. The van der Waals surface area contributed by atoms with Gasteiger partial charge in [-0.1, -0.05) is 37.3 Å². The lowest BCUT2D eigenvalue weighted by molar-refractivity contribution is 0.0244. The number of likely N-dealkylation sites (tertiary alicyclic amines) is 1. The molecular formula is C18H30N2O. The van der Waals surface area contributed by atoms with Crippen LogP contribution in [0.1, 0.15) is 39.2 Å². The number of benzene rings is 1. The van der Waals surface area contributed by atoms with Crippen molar-refractivity contribution in [3.8, 4) is 0 Å². The molecule has 1 aromatic rings. The van der Waals surface area contributed by atoms with Crippen molar-refractivity contribution in [2.45, 2.75) is 58.3 Å². The van der Waals surface area contributed by atoms with Crippen molar-refractivity contribution in [3.63, 3.8) is 0 Å². The molecule has 1 heterocycles. The van der Waals surface area contributed by atoms with Crippen LogP contribution in [-0.2, 0) is 6.54 Å². The summed E-state index contributed by atoms with van der Waals surface area (Å²) in [6.07, 6.45) is 1.75. The number of nitrogens with zero attached hydrogens (tertiary/aromatic N) is 1. The summed E-state index contributed by atoms with van der Waals surface area (Å²) < 4.78 is 0. The van der Waals surface area contributed by atoms with Crippen molar-refractivity contribution >= 4 is 0 Å². The van der Waals surface area contributed by atoms with Crippen LogP contribution >= 0.6 is 0 Å². The Morgan fingerprint density at radius 2 is 1.95 bits per heavy atom. The molecule has 0 amide bonds. The molecule has 0 saturated carbocycles. The Morgan fingerprint density at radius 3 is 2.57 bits per heavy atom. The van der Waals surface area contributed by atoms with Gasteiger partial charge in [0, 0.05) is 31.7 Å². The van der Waals surface area contributed by atoms with E-state index in [1.54, 1.807) is 0 Å². The third kappa shape index (κ3) is 4.80. The first-order valence-corrected chi connectivity index (χ1v) is 8.29. The van der Waals surface area contributed by atoms with Crippen LogP contribution in [0.3, 0.4) is 0 Å². The quantitative estimate of drug-likeness (QED) is 0.845. The van der Waals surface area contributed by atoms with Crippen LogP contribution in [0.4, 0.5) is 0 Å². The molecule has 1 aliphatic heterocycles. The van der Waals surface area contributed by atoms with Gasteiger partial charge in [-0.3, -0.25) is 4.90 Å². The lowest BCUT2D eigenvalue weighted by Crippen LogP contribution is -2.53. The van der Waals surface area contributed by atoms with Gasteiger partial charge in [-0.2, -0.15) is 0 Å². The monoisotopic (exact) mass is 290 g/mol. The van der Waals surface area contributed by atoms with Crippen LogP contribution in [-0.4, -0.2) is 41.3 Å². The molecule has 0 bridgehead atoms. The highest BCUT2D eigenvalue weighted by molar-refractivity contribution is 5.14. The SMILES string of the molecule is CCC(O)C1CC(NCc2ccccc2)CN(C(C)C)C1. The molecule has 0 spiro atoms. The van der Waals surface area contributed by atoms with E-state index in [9.17, 15) is 5.11 Å². The van der Waals surface area contributed by atoms with E-state index in [4.69, 9.17) is 0 Å². The minimum Gasteiger partial charge on any atom is -0.393 e. The summed E-state index contributed by atoms with van der Waals surface area (Å²) >= 11 is 0. The fourth-order valence-electron chi connectivity index (χ4n) is 3.21. The third-order valence-corrected chi connectivity index (χ3v) is 4.64. The minimum atomic E-state index is -0.174. The van der Waals surface area contributed by atoms with Gasteiger partial charge in [-0.15, -0.1) is 0 Å². The molecule has 3 heteroatoms. The van der Waals surface area contributed by atoms with E-state index < -0.39 is 0 Å². The van der Waals surface area contributed by atoms with Gasteiger partial charge in [0.05, 0.1) is 6.10 Å². The van der Waals surface area contributed by atoms with Gasteiger partial charge in [-0.25, -0.2) is 0 Å². The van der Waals surface area contributed by atoms with E-state index in [0.717, 1.165) is 32.5 Å². The minimum absolute atomic E-state index is 0.174. The summed E-state index contributed by atoms with van der Waals surface area (Å²) in [6, 6.07) is 11.6. The predicted octanol–water partition coefficient (Wildman–Crippen LogP) is 2.65. The first-order chi connectivity index (χ1) is 10.1. The smallest absolute Gasteiger partial charge is 0.0578 e. The second-order valence-corrected chi connectivity index (χ2v) is 6.58. The first-order valence-electron chi connectivity index (χ1n) is 8.29. The van der Waals surface area contributed by atoms with Crippen LogP contribution in [0.15, 0.2) is 30.3 Å². The fourth-order valence-corrected chi connectivity index (χ4v) is 3.21. The zero-order valence-corrected chi connectivity index (χ0v) is 13.6. The van der Waals surface area contributed by atoms with E-state index in [2.05, 4.69) is 61.3 Å². The Morgan fingerprint density at radius 1 is 1.24 bits per heavy atom. The van der Waals surface area contributed by atoms with Gasteiger partial charge >= 0.3 is 0 Å². The Hall–Kier alpha value is -0.900. The number of aliphatic hydroxyl groups excluding tert-OH is 1. The van der Waals surface area contributed by atoms with E-state index in [1.807, 2.05) is 0 Å². The summed E-state index contributed by atoms with van der Waals surface area (Å²) in [6.45, 7) is 9.58. The second-order valence-electron chi connectivity index (χ2n) is 6.58. The first kappa shape index (κ1) is 16.5. The summed E-state index contributed by atoms with van der Waals surface area (Å²) in [7, 11) is 0. The van der Waals surface area contributed by atoms with E-state index >= 15 is 0 Å². The molecule has 1 aromatic carbocycles. The fraction of sp³-hybridized carbons (Fsp3) is 0.667. The van der Waals surface area contributed by atoms with Crippen LogP contribution in [0.25, 0.3) is 0 Å². The lowest BCUT2D eigenvalue weighted by atomic mass is 9.87. The zero-order chi connectivity index (χ0) is 15.2. The Balaban J connectivity index is 1.94. The topological polar surface area (TPSA) is 35.5 Å². The maximum Gasteiger partial charge on any atom is 0.0578 e. The highest BCUT2D eigenvalue weighted by atomic mass is 16.3. The largest absolute Gasteiger partial charge is 0.393 e. The van der Waals surface area contributed by atoms with Crippen LogP contribution in [0, 0.1) is 5.92 Å². The second kappa shape index (κ2) is 7.92. The average molecular weight is 290 g/mol. The molecule has 0 aliphatic carbocycles. The summed E-state index contributed by atoms with van der Waals surface area (Å²) in [4.78, 5) is 2.50. The van der Waals surface area contributed by atoms with Crippen LogP contribution in [0.2, 0.25) is 0 Å². The van der Waals surface area contributed by atoms with Crippen LogP contribution in [0.5, 0.6) is 0 Å². The number of rotatable bonds is 6. The molecule has 2 N–H and O–H groups in total. The summed E-state index contributed by atoms with van der Waals surface area (Å²) in [5.41, 5.74) is 1.33. The molecule has 3 nitrogen and oxygen atoms in total. The Labute approximate surface area is 129 Å². The number of aliphatic hydroxyl groups is 1. The van der Waals surface area contributed by atoms with Crippen LogP contribution < -0.4 is 5.32 Å². The van der Waals surface area contributed by atoms with Gasteiger partial charge in [-0.05, 0) is 38.2 Å². The molecular weight excluding hydrogens is 260 g/mol. The third-order valence-electron chi connectivity index (χ3n) is 4.64. The molecule has 21 heavy (non-hydrogen) atoms. The van der Waals surface area contributed by atoms with Gasteiger partial charge in [0.15, 0.2) is 0 Å². The molecule has 1 fully saturated rings. The highest BCUT2D eigenvalue weighted by Gasteiger charge is 2.31. The standard InChI is InChI=1S/C18H30N2O/c1-4-18(21)16-10-17(13-20(12-16)14(2)3)19-11-15-8-6-5-7-9-15/h5-9,14,16-19,21H,4,10-13H2,1-3H3. The van der Waals surface area contributed by atoms with Crippen molar-refractivity contribution in [2.75, 3.05) is 13.1 Å². The maximum atomic E-state index is 10.2. The number of hydrogen-bond acceptors (Lipinski definition) is 3. The zero-order valence-electron chi connectivity index (χ0n) is 13.6. The molecule has 1 saturated heterocycles. The molecule has 1 aliphatic rings. The molecule has 3 atom stereocenters. The maximum absolute atomic E-state index is 10.2. The number of hydrogen-bond donors (Lipinski definition) is 2. The van der Waals surface area contributed by atoms with Gasteiger partial charge in [0.2, 0.25) is 0 Å². The van der Waals surface area contributed by atoms with Crippen molar-refractivity contribution in [1.29, 1.82) is 0 Å². The van der Waals surface area contributed by atoms with E-state index in [1.165, 1.54) is 5.56 Å². The summed E-state index contributed by atoms with van der Waals surface area (Å²) in [5, 5.41) is 13.9. The van der Waals surface area contributed by atoms with Gasteiger partial charge in [0.25, 0.3) is 0 Å². The van der Waals surface area contributed by atoms with Crippen molar-refractivity contribution in [3.05, 3.63) is 35.9 Å². The number of piperidine rings is 1. The Kier molecular flexibility index (Phi) is 6.22. The molecule has 0 aromatic heterocycles. The van der Waals surface area contributed by atoms with Gasteiger partial charge in [0.1, 0.15) is 0 Å². The molecule has 118 valence electrons.